The van der Waals surface area contributed by atoms with Crippen molar-refractivity contribution in [3.8, 4) is 22.9 Å². The van der Waals surface area contributed by atoms with Crippen LogP contribution in [0.25, 0.3) is 22.6 Å². The Bertz CT molecular complexity index is 1600. The van der Waals surface area contributed by atoms with Gasteiger partial charge in [0.05, 0.1) is 13.7 Å². The molecule has 0 saturated carbocycles. The summed E-state index contributed by atoms with van der Waals surface area (Å²) in [7, 11) is 3.33. The van der Waals surface area contributed by atoms with Crippen LogP contribution >= 0.6 is 0 Å². The third-order valence-electron chi connectivity index (χ3n) is 5.86. The molecule has 2 heterocycles. The van der Waals surface area contributed by atoms with Crippen LogP contribution in [0.1, 0.15) is 11.1 Å². The third kappa shape index (κ3) is 4.33. The number of aromatic amines is 1. The van der Waals surface area contributed by atoms with Gasteiger partial charge >= 0.3 is 5.69 Å². The van der Waals surface area contributed by atoms with Crippen molar-refractivity contribution in [2.24, 2.45) is 7.05 Å². The number of fused-ring (bicyclic) bond motifs is 1. The molecule has 8 nitrogen and oxygen atoms in total. The Morgan fingerprint density at radius 3 is 2.26 bits per heavy atom. The van der Waals surface area contributed by atoms with Gasteiger partial charge < -0.3 is 14.0 Å². The molecule has 0 amide bonds. The zero-order chi connectivity index (χ0) is 24.4. The molecule has 0 aliphatic rings. The van der Waals surface area contributed by atoms with Crippen LogP contribution in [0.4, 0.5) is 0 Å². The smallest absolute Gasteiger partial charge is 0.330 e. The average Bonchev–Trinajstić information content (AvgIpc) is 3.24. The molecule has 5 rings (SSSR count). The van der Waals surface area contributed by atoms with E-state index in [1.165, 1.54) is 4.57 Å². The maximum Gasteiger partial charge on any atom is 0.330 e. The Balaban J connectivity index is 1.55. The molecule has 5 aromatic rings. The minimum absolute atomic E-state index is 0.291. The van der Waals surface area contributed by atoms with Gasteiger partial charge in [0, 0.05) is 12.6 Å². The number of imidazole rings is 1. The van der Waals surface area contributed by atoms with Crippen LogP contribution in [-0.4, -0.2) is 26.2 Å². The summed E-state index contributed by atoms with van der Waals surface area (Å²) in [6.45, 7) is 0.697. The summed E-state index contributed by atoms with van der Waals surface area (Å²) in [6.07, 6.45) is 0. The van der Waals surface area contributed by atoms with E-state index in [2.05, 4.69) is 4.98 Å². The highest BCUT2D eigenvalue weighted by atomic mass is 16.5. The normalized spacial score (nSPS) is 11.0. The van der Waals surface area contributed by atoms with E-state index in [0.29, 0.717) is 41.6 Å². The molecule has 176 valence electrons. The quantitative estimate of drug-likeness (QED) is 0.393. The number of nitrogens with zero attached hydrogens (tertiary/aromatic N) is 3. The van der Waals surface area contributed by atoms with Gasteiger partial charge in [-0.05, 0) is 29.3 Å². The second kappa shape index (κ2) is 9.34. The average molecular weight is 469 g/mol. The van der Waals surface area contributed by atoms with Crippen molar-refractivity contribution in [3.05, 3.63) is 111 Å². The van der Waals surface area contributed by atoms with Gasteiger partial charge in [0.15, 0.2) is 22.7 Å². The fourth-order valence-corrected chi connectivity index (χ4v) is 4.08. The number of methoxy groups -OCH3 is 1. The van der Waals surface area contributed by atoms with E-state index >= 15 is 0 Å². The summed E-state index contributed by atoms with van der Waals surface area (Å²) >= 11 is 0. The number of hydrogen-bond donors (Lipinski definition) is 1. The zero-order valence-electron chi connectivity index (χ0n) is 19.4. The van der Waals surface area contributed by atoms with Crippen LogP contribution in [0, 0.1) is 0 Å². The molecule has 0 aliphatic carbocycles. The first-order valence-electron chi connectivity index (χ1n) is 11.1. The maximum atomic E-state index is 12.7. The van der Waals surface area contributed by atoms with Crippen molar-refractivity contribution in [3.63, 3.8) is 0 Å². The fourth-order valence-electron chi connectivity index (χ4n) is 4.08. The molecule has 0 unspecified atom stereocenters. The summed E-state index contributed by atoms with van der Waals surface area (Å²) in [5.74, 6) is 1.67. The molecule has 0 fully saturated rings. The van der Waals surface area contributed by atoms with Crippen molar-refractivity contribution >= 4 is 11.2 Å². The number of H-pyrrole nitrogens is 1. The van der Waals surface area contributed by atoms with Crippen LogP contribution in [-0.2, 0) is 20.2 Å². The lowest BCUT2D eigenvalue weighted by molar-refractivity contribution is 0.284. The van der Waals surface area contributed by atoms with E-state index in [1.54, 1.807) is 18.7 Å². The number of ether oxygens (including phenoxy) is 2. The molecule has 35 heavy (non-hydrogen) atoms. The van der Waals surface area contributed by atoms with E-state index in [0.717, 1.165) is 16.7 Å². The van der Waals surface area contributed by atoms with Crippen molar-refractivity contribution in [2.45, 2.75) is 13.2 Å². The van der Waals surface area contributed by atoms with E-state index in [-0.39, 0.29) is 0 Å². The molecular formula is C27H24N4O4. The van der Waals surface area contributed by atoms with Crippen LogP contribution < -0.4 is 20.7 Å². The monoisotopic (exact) mass is 468 g/mol. The largest absolute Gasteiger partial charge is 0.493 e. The standard InChI is InChI=1S/C27H24N4O4/c1-30-23-25(31(27(33)29-26(23)32)16-18-9-5-3-6-10-18)28-24(30)20-13-14-21(22(15-20)34-2)35-17-19-11-7-4-8-12-19/h3-15H,16-17H2,1-2H3,(H,29,32,33). The molecular weight excluding hydrogens is 444 g/mol. The predicted octanol–water partition coefficient (Wildman–Crippen LogP) is 3.73. The Morgan fingerprint density at radius 1 is 0.886 bits per heavy atom. The highest BCUT2D eigenvalue weighted by Crippen LogP contribution is 2.33. The Morgan fingerprint density at radius 2 is 1.57 bits per heavy atom. The van der Waals surface area contributed by atoms with Gasteiger partial charge in [0.25, 0.3) is 5.56 Å². The first-order chi connectivity index (χ1) is 17.0. The highest BCUT2D eigenvalue weighted by Gasteiger charge is 2.19. The first-order valence-corrected chi connectivity index (χ1v) is 11.1. The van der Waals surface area contributed by atoms with Gasteiger partial charge in [-0.3, -0.25) is 14.3 Å². The van der Waals surface area contributed by atoms with Crippen molar-refractivity contribution < 1.29 is 9.47 Å². The minimum atomic E-state index is -0.502. The molecule has 0 atom stereocenters. The topological polar surface area (TPSA) is 91.1 Å². The molecule has 0 saturated heterocycles. The number of nitrogens with one attached hydrogen (secondary N) is 1. The lowest BCUT2D eigenvalue weighted by atomic mass is 10.2. The third-order valence-corrected chi connectivity index (χ3v) is 5.86. The predicted molar refractivity (Wildman–Crippen MR) is 134 cm³/mol. The van der Waals surface area contributed by atoms with E-state index in [1.807, 2.05) is 78.9 Å². The van der Waals surface area contributed by atoms with Gasteiger partial charge in [-0.2, -0.15) is 0 Å². The summed E-state index contributed by atoms with van der Waals surface area (Å²) in [5, 5.41) is 0. The second-order valence-electron chi connectivity index (χ2n) is 8.14. The molecule has 0 spiro atoms. The molecule has 8 heteroatoms. The van der Waals surface area contributed by atoms with E-state index < -0.39 is 11.2 Å². The molecule has 3 aromatic carbocycles. The first kappa shape index (κ1) is 22.2. The lowest BCUT2D eigenvalue weighted by Crippen LogP contribution is -2.31. The zero-order valence-corrected chi connectivity index (χ0v) is 19.4. The summed E-state index contributed by atoms with van der Waals surface area (Å²) < 4.78 is 14.7. The van der Waals surface area contributed by atoms with Crippen LogP contribution in [0.2, 0.25) is 0 Å². The summed E-state index contributed by atoms with van der Waals surface area (Å²) in [6, 6.07) is 24.9. The number of aryl methyl sites for hydroxylation is 1. The maximum absolute atomic E-state index is 12.7. The number of aromatic nitrogens is 4. The molecule has 0 radical (unpaired) electrons. The molecule has 0 bridgehead atoms. The highest BCUT2D eigenvalue weighted by molar-refractivity contribution is 5.77. The number of hydrogen-bond acceptors (Lipinski definition) is 5. The SMILES string of the molecule is COc1cc(-c2nc3c(c(=O)[nH]c(=O)n3Cc3ccccc3)n2C)ccc1OCc1ccccc1. The number of benzene rings is 3. The fraction of sp³-hybridized carbons (Fsp3) is 0.148. The lowest BCUT2D eigenvalue weighted by Gasteiger charge is -2.12. The van der Waals surface area contributed by atoms with Crippen LogP contribution in [0.5, 0.6) is 11.5 Å². The Labute approximate surface area is 201 Å². The van der Waals surface area contributed by atoms with E-state index in [9.17, 15) is 9.59 Å². The second-order valence-corrected chi connectivity index (χ2v) is 8.14. The van der Waals surface area contributed by atoms with Gasteiger partial charge in [-0.1, -0.05) is 60.7 Å². The van der Waals surface area contributed by atoms with E-state index in [4.69, 9.17) is 14.5 Å². The van der Waals surface area contributed by atoms with Crippen LogP contribution in [0.15, 0.2) is 88.5 Å². The molecule has 1 N–H and O–H groups in total. The minimum Gasteiger partial charge on any atom is -0.493 e. The Hall–Kier alpha value is -4.59. The summed E-state index contributed by atoms with van der Waals surface area (Å²) in [5.41, 5.74) is 2.36. The van der Waals surface area contributed by atoms with Crippen molar-refractivity contribution in [1.82, 2.24) is 19.1 Å². The van der Waals surface area contributed by atoms with Crippen molar-refractivity contribution in [1.29, 1.82) is 0 Å². The molecule has 2 aromatic heterocycles. The Kier molecular flexibility index (Phi) is 5.93. The van der Waals surface area contributed by atoms with Crippen molar-refractivity contribution in [2.75, 3.05) is 7.11 Å². The van der Waals surface area contributed by atoms with Gasteiger partial charge in [0.1, 0.15) is 12.4 Å². The summed E-state index contributed by atoms with van der Waals surface area (Å²) in [4.78, 5) is 32.5. The van der Waals surface area contributed by atoms with Gasteiger partial charge in [-0.25, -0.2) is 9.78 Å². The van der Waals surface area contributed by atoms with Crippen LogP contribution in [0.3, 0.4) is 0 Å². The van der Waals surface area contributed by atoms with Gasteiger partial charge in [0.2, 0.25) is 0 Å². The number of rotatable bonds is 7. The molecule has 0 aliphatic heterocycles. The van der Waals surface area contributed by atoms with Gasteiger partial charge in [-0.15, -0.1) is 0 Å².